The highest BCUT2D eigenvalue weighted by Crippen LogP contribution is 2.30. The summed E-state index contributed by atoms with van der Waals surface area (Å²) in [5.74, 6) is -0.853. The minimum absolute atomic E-state index is 0.109. The molecule has 1 aromatic carbocycles. The van der Waals surface area contributed by atoms with Crippen LogP contribution in [0.15, 0.2) is 30.3 Å². The quantitative estimate of drug-likeness (QED) is 0.767. The van der Waals surface area contributed by atoms with Crippen molar-refractivity contribution in [3.63, 3.8) is 0 Å². The first-order valence-electron chi connectivity index (χ1n) is 4.91. The SMILES string of the molecule is O=C(O)C1CC(c2ccccc2)CN1O. The molecule has 4 heteroatoms. The Kier molecular flexibility index (Phi) is 2.70. The Morgan fingerprint density at radius 3 is 2.53 bits per heavy atom. The molecule has 0 amide bonds. The molecule has 4 nitrogen and oxygen atoms in total. The zero-order chi connectivity index (χ0) is 10.8. The topological polar surface area (TPSA) is 60.8 Å². The van der Waals surface area contributed by atoms with Gasteiger partial charge in [-0.2, -0.15) is 5.06 Å². The summed E-state index contributed by atoms with van der Waals surface area (Å²) in [6.45, 7) is 0.390. The Morgan fingerprint density at radius 1 is 1.33 bits per heavy atom. The number of carboxylic acid groups (broad SMARTS) is 1. The van der Waals surface area contributed by atoms with Gasteiger partial charge in [-0.05, 0) is 12.0 Å². The van der Waals surface area contributed by atoms with E-state index in [9.17, 15) is 10.0 Å². The standard InChI is InChI=1S/C11H13NO3/c13-11(14)10-6-9(7-12(10)15)8-4-2-1-3-5-8/h1-5,9-10,15H,6-7H2,(H,13,14). The van der Waals surface area contributed by atoms with E-state index in [2.05, 4.69) is 0 Å². The largest absolute Gasteiger partial charge is 0.480 e. The lowest BCUT2D eigenvalue weighted by Gasteiger charge is -2.11. The van der Waals surface area contributed by atoms with Gasteiger partial charge in [-0.25, -0.2) is 0 Å². The first-order valence-corrected chi connectivity index (χ1v) is 4.91. The summed E-state index contributed by atoms with van der Waals surface area (Å²) >= 11 is 0. The van der Waals surface area contributed by atoms with Crippen molar-refractivity contribution in [1.82, 2.24) is 5.06 Å². The third-order valence-electron chi connectivity index (χ3n) is 2.83. The molecule has 0 saturated carbocycles. The lowest BCUT2D eigenvalue weighted by Crippen LogP contribution is -2.32. The second-order valence-electron chi connectivity index (χ2n) is 3.82. The Morgan fingerprint density at radius 2 is 2.00 bits per heavy atom. The molecule has 0 spiro atoms. The van der Waals surface area contributed by atoms with Crippen molar-refractivity contribution in [2.45, 2.75) is 18.4 Å². The molecular weight excluding hydrogens is 194 g/mol. The van der Waals surface area contributed by atoms with Crippen LogP contribution in [0.1, 0.15) is 17.9 Å². The van der Waals surface area contributed by atoms with E-state index < -0.39 is 12.0 Å². The number of hydrogen-bond acceptors (Lipinski definition) is 3. The summed E-state index contributed by atoms with van der Waals surface area (Å²) in [4.78, 5) is 10.8. The number of aliphatic carboxylic acids is 1. The fourth-order valence-corrected chi connectivity index (χ4v) is 2.01. The molecule has 1 fully saturated rings. The van der Waals surface area contributed by atoms with Crippen LogP contribution in [0.3, 0.4) is 0 Å². The predicted molar refractivity (Wildman–Crippen MR) is 53.7 cm³/mol. The number of benzene rings is 1. The highest BCUT2D eigenvalue weighted by Gasteiger charge is 2.36. The Hall–Kier alpha value is -1.39. The van der Waals surface area contributed by atoms with Crippen LogP contribution in [0.5, 0.6) is 0 Å². The van der Waals surface area contributed by atoms with Crippen molar-refractivity contribution in [2.24, 2.45) is 0 Å². The first-order chi connectivity index (χ1) is 7.18. The molecule has 2 unspecified atom stereocenters. The maximum absolute atomic E-state index is 10.8. The summed E-state index contributed by atoms with van der Waals surface area (Å²) in [5.41, 5.74) is 1.08. The number of hydrogen-bond donors (Lipinski definition) is 2. The number of nitrogens with zero attached hydrogens (tertiary/aromatic N) is 1. The molecule has 2 N–H and O–H groups in total. The molecule has 0 aliphatic carbocycles. The molecule has 15 heavy (non-hydrogen) atoms. The molecule has 0 aromatic heterocycles. The average Bonchev–Trinajstić information content (AvgIpc) is 2.62. The Bertz CT molecular complexity index is 352. The zero-order valence-corrected chi connectivity index (χ0v) is 8.21. The van der Waals surface area contributed by atoms with Crippen LogP contribution < -0.4 is 0 Å². The van der Waals surface area contributed by atoms with Gasteiger partial charge < -0.3 is 10.3 Å². The summed E-state index contributed by atoms with van der Waals surface area (Å²) in [6, 6.07) is 8.92. The van der Waals surface area contributed by atoms with Gasteiger partial charge in [-0.3, -0.25) is 4.79 Å². The normalized spacial score (nSPS) is 26.7. The summed E-state index contributed by atoms with van der Waals surface area (Å²) in [7, 11) is 0. The van der Waals surface area contributed by atoms with Gasteiger partial charge in [0.1, 0.15) is 6.04 Å². The molecule has 1 aromatic rings. The van der Waals surface area contributed by atoms with E-state index in [0.29, 0.717) is 13.0 Å². The number of rotatable bonds is 2. The first kappa shape index (κ1) is 10.1. The second kappa shape index (κ2) is 4.00. The number of hydroxylamine groups is 2. The third-order valence-corrected chi connectivity index (χ3v) is 2.83. The zero-order valence-electron chi connectivity index (χ0n) is 8.21. The second-order valence-corrected chi connectivity index (χ2v) is 3.82. The van der Waals surface area contributed by atoms with Crippen LogP contribution in [0, 0.1) is 0 Å². The van der Waals surface area contributed by atoms with Crippen molar-refractivity contribution >= 4 is 5.97 Å². The monoisotopic (exact) mass is 207 g/mol. The van der Waals surface area contributed by atoms with Gasteiger partial charge in [-0.1, -0.05) is 30.3 Å². The number of carboxylic acids is 1. The van der Waals surface area contributed by atoms with Crippen molar-refractivity contribution in [3.05, 3.63) is 35.9 Å². The van der Waals surface area contributed by atoms with Gasteiger partial charge >= 0.3 is 5.97 Å². The molecule has 2 atom stereocenters. The van der Waals surface area contributed by atoms with Gasteiger partial charge in [0.2, 0.25) is 0 Å². The van der Waals surface area contributed by atoms with Crippen LogP contribution in [-0.4, -0.2) is 33.9 Å². The molecule has 80 valence electrons. The smallest absolute Gasteiger partial charge is 0.323 e. The van der Waals surface area contributed by atoms with Crippen LogP contribution in [0.25, 0.3) is 0 Å². The summed E-state index contributed by atoms with van der Waals surface area (Å²) in [5, 5.41) is 19.2. The van der Waals surface area contributed by atoms with Crippen molar-refractivity contribution < 1.29 is 15.1 Å². The molecule has 0 radical (unpaired) electrons. The third kappa shape index (κ3) is 2.00. The van der Waals surface area contributed by atoms with Crippen LogP contribution in [-0.2, 0) is 4.79 Å². The Balaban J connectivity index is 2.13. The molecule has 2 rings (SSSR count). The molecule has 0 bridgehead atoms. The van der Waals surface area contributed by atoms with E-state index >= 15 is 0 Å². The fourth-order valence-electron chi connectivity index (χ4n) is 2.01. The predicted octanol–water partition coefficient (Wildman–Crippen LogP) is 1.32. The fraction of sp³-hybridized carbons (Fsp3) is 0.364. The highest BCUT2D eigenvalue weighted by atomic mass is 16.5. The van der Waals surface area contributed by atoms with Crippen molar-refractivity contribution in [3.8, 4) is 0 Å². The summed E-state index contributed by atoms with van der Waals surface area (Å²) < 4.78 is 0. The molecule has 1 saturated heterocycles. The maximum atomic E-state index is 10.8. The molecular formula is C11H13NO3. The lowest BCUT2D eigenvalue weighted by atomic mass is 9.96. The lowest BCUT2D eigenvalue weighted by molar-refractivity contribution is -0.161. The minimum Gasteiger partial charge on any atom is -0.480 e. The molecule has 1 heterocycles. The molecule has 1 aliphatic heterocycles. The van der Waals surface area contributed by atoms with Gasteiger partial charge in [0.05, 0.1) is 0 Å². The van der Waals surface area contributed by atoms with Crippen molar-refractivity contribution in [1.29, 1.82) is 0 Å². The Labute approximate surface area is 87.7 Å². The minimum atomic E-state index is -0.962. The van der Waals surface area contributed by atoms with Gasteiger partial charge in [0.15, 0.2) is 0 Å². The van der Waals surface area contributed by atoms with Crippen LogP contribution in [0.2, 0.25) is 0 Å². The van der Waals surface area contributed by atoms with Gasteiger partial charge in [0, 0.05) is 12.5 Å². The molecule has 1 aliphatic rings. The number of carbonyl (C=O) groups is 1. The van der Waals surface area contributed by atoms with Crippen LogP contribution in [0.4, 0.5) is 0 Å². The maximum Gasteiger partial charge on any atom is 0.323 e. The van der Waals surface area contributed by atoms with E-state index in [-0.39, 0.29) is 5.92 Å². The van der Waals surface area contributed by atoms with E-state index in [1.807, 2.05) is 30.3 Å². The van der Waals surface area contributed by atoms with E-state index in [1.54, 1.807) is 0 Å². The van der Waals surface area contributed by atoms with Gasteiger partial charge in [0.25, 0.3) is 0 Å². The summed E-state index contributed by atoms with van der Waals surface area (Å²) in [6.07, 6.45) is 0.468. The van der Waals surface area contributed by atoms with E-state index in [0.717, 1.165) is 10.6 Å². The van der Waals surface area contributed by atoms with Gasteiger partial charge in [-0.15, -0.1) is 0 Å². The van der Waals surface area contributed by atoms with E-state index in [4.69, 9.17) is 5.11 Å². The van der Waals surface area contributed by atoms with Crippen LogP contribution >= 0.6 is 0 Å². The van der Waals surface area contributed by atoms with E-state index in [1.165, 1.54) is 0 Å². The average molecular weight is 207 g/mol. The van der Waals surface area contributed by atoms with Crippen molar-refractivity contribution in [2.75, 3.05) is 6.54 Å². The highest BCUT2D eigenvalue weighted by molar-refractivity contribution is 5.73.